The molecule has 0 bridgehead atoms. The van der Waals surface area contributed by atoms with E-state index in [1.54, 1.807) is 23.1 Å². The predicted molar refractivity (Wildman–Crippen MR) is 113 cm³/mol. The summed E-state index contributed by atoms with van der Waals surface area (Å²) in [6, 6.07) is 16.6. The minimum atomic E-state index is 0.734. The van der Waals surface area contributed by atoms with Gasteiger partial charge in [0.15, 0.2) is 0 Å². The van der Waals surface area contributed by atoms with E-state index in [0.717, 1.165) is 32.6 Å². The third kappa shape index (κ3) is 4.51. The van der Waals surface area contributed by atoms with E-state index in [-0.39, 0.29) is 0 Å². The van der Waals surface area contributed by atoms with Crippen molar-refractivity contribution in [3.63, 3.8) is 0 Å². The highest BCUT2D eigenvalue weighted by Gasteiger charge is 2.07. The number of halogens is 1. The average molecular weight is 432 g/mol. The molecule has 0 aliphatic rings. The Hall–Kier alpha value is -1.63. The first kappa shape index (κ1) is 18.2. The van der Waals surface area contributed by atoms with Gasteiger partial charge in [-0.1, -0.05) is 40.2 Å². The Balaban J connectivity index is 2.00. The van der Waals surface area contributed by atoms with Crippen molar-refractivity contribution in [2.75, 3.05) is 12.8 Å². The summed E-state index contributed by atoms with van der Waals surface area (Å²) in [7, 11) is 0. The Morgan fingerprint density at radius 2 is 1.84 bits per heavy atom. The molecule has 3 nitrogen and oxygen atoms in total. The molecule has 25 heavy (non-hydrogen) atoms. The quantitative estimate of drug-likeness (QED) is 0.387. The lowest BCUT2D eigenvalue weighted by Crippen LogP contribution is -2.12. The summed E-state index contributed by atoms with van der Waals surface area (Å²) >= 11 is 6.83. The van der Waals surface area contributed by atoms with Crippen LogP contribution < -0.4 is 4.80 Å². The molecule has 0 saturated heterocycles. The highest BCUT2D eigenvalue weighted by molar-refractivity contribution is 9.10. The Morgan fingerprint density at radius 3 is 2.48 bits per heavy atom. The van der Waals surface area contributed by atoms with Gasteiger partial charge in [-0.3, -0.25) is 4.99 Å². The molecule has 1 aromatic heterocycles. The van der Waals surface area contributed by atoms with E-state index in [2.05, 4.69) is 69.0 Å². The van der Waals surface area contributed by atoms with Crippen LogP contribution in [-0.4, -0.2) is 23.7 Å². The predicted octanol–water partition coefficient (Wildman–Crippen LogP) is 5.50. The zero-order chi connectivity index (χ0) is 17.6. The first-order valence-corrected chi connectivity index (χ1v) is 10.8. The molecule has 6 heteroatoms. The molecule has 0 saturated carbocycles. The van der Waals surface area contributed by atoms with Gasteiger partial charge in [0.05, 0.1) is 11.9 Å². The second-order valence-corrected chi connectivity index (χ2v) is 7.85. The lowest BCUT2D eigenvalue weighted by molar-refractivity contribution is 0.833. The van der Waals surface area contributed by atoms with E-state index in [4.69, 9.17) is 5.10 Å². The summed E-state index contributed by atoms with van der Waals surface area (Å²) in [5.74, 6) is 0. The molecule has 0 atom stereocenters. The molecule has 0 aliphatic carbocycles. The highest BCUT2D eigenvalue weighted by Crippen LogP contribution is 2.22. The van der Waals surface area contributed by atoms with Gasteiger partial charge < -0.3 is 0 Å². The van der Waals surface area contributed by atoms with Gasteiger partial charge >= 0.3 is 0 Å². The molecular weight excluding hydrogens is 414 g/mol. The number of thiazole rings is 1. The maximum absolute atomic E-state index is 4.70. The number of hydrogen-bond donors (Lipinski definition) is 0. The SMILES string of the molecule is CCN=c1scc(-c2ccc(Br)cc2)n1N=Cc1ccc(SC)cc1. The number of thioether (sulfide) groups is 1. The third-order valence-corrected chi connectivity index (χ3v) is 5.68. The Labute approximate surface area is 164 Å². The first-order valence-electron chi connectivity index (χ1n) is 7.86. The summed E-state index contributed by atoms with van der Waals surface area (Å²) in [6.07, 6.45) is 3.96. The molecular formula is C19H18BrN3S2. The van der Waals surface area contributed by atoms with Crippen molar-refractivity contribution in [3.8, 4) is 11.3 Å². The van der Waals surface area contributed by atoms with Gasteiger partial charge in [0.2, 0.25) is 4.80 Å². The molecule has 0 aliphatic heterocycles. The van der Waals surface area contributed by atoms with Crippen LogP contribution in [0.4, 0.5) is 0 Å². The van der Waals surface area contributed by atoms with Crippen LogP contribution in [-0.2, 0) is 0 Å². The summed E-state index contributed by atoms with van der Waals surface area (Å²) in [5, 5.41) is 6.80. The number of nitrogens with zero attached hydrogens (tertiary/aromatic N) is 3. The second-order valence-electron chi connectivity index (χ2n) is 5.21. The number of aromatic nitrogens is 1. The number of hydrogen-bond acceptors (Lipinski definition) is 4. The van der Waals surface area contributed by atoms with Gasteiger partial charge in [-0.25, -0.2) is 4.68 Å². The molecule has 0 radical (unpaired) electrons. The Morgan fingerprint density at radius 1 is 1.12 bits per heavy atom. The van der Waals surface area contributed by atoms with Crippen LogP contribution in [0.1, 0.15) is 12.5 Å². The van der Waals surface area contributed by atoms with E-state index < -0.39 is 0 Å². The maximum Gasteiger partial charge on any atom is 0.206 e. The van der Waals surface area contributed by atoms with E-state index in [0.29, 0.717) is 0 Å². The lowest BCUT2D eigenvalue weighted by Gasteiger charge is -2.04. The third-order valence-electron chi connectivity index (χ3n) is 3.56. The molecule has 128 valence electrons. The van der Waals surface area contributed by atoms with Gasteiger partial charge in [-0.15, -0.1) is 23.1 Å². The van der Waals surface area contributed by atoms with Crippen molar-refractivity contribution >= 4 is 45.2 Å². The van der Waals surface area contributed by atoms with E-state index in [9.17, 15) is 0 Å². The highest BCUT2D eigenvalue weighted by atomic mass is 79.9. The van der Waals surface area contributed by atoms with Gasteiger partial charge in [0.1, 0.15) is 0 Å². The fourth-order valence-corrected chi connectivity index (χ4v) is 3.86. The minimum Gasteiger partial charge on any atom is -0.258 e. The average Bonchev–Trinajstić information content (AvgIpc) is 3.04. The molecule has 0 N–H and O–H groups in total. The fraction of sp³-hybridized carbons (Fsp3) is 0.158. The van der Waals surface area contributed by atoms with Crippen molar-refractivity contribution < 1.29 is 0 Å². The lowest BCUT2D eigenvalue weighted by atomic mass is 10.2. The monoisotopic (exact) mass is 431 g/mol. The van der Waals surface area contributed by atoms with Crippen LogP contribution in [0, 0.1) is 0 Å². The first-order chi connectivity index (χ1) is 12.2. The topological polar surface area (TPSA) is 29.6 Å². The van der Waals surface area contributed by atoms with Crippen molar-refractivity contribution in [1.29, 1.82) is 0 Å². The van der Waals surface area contributed by atoms with Gasteiger partial charge in [-0.05, 0) is 43.0 Å². The molecule has 0 unspecified atom stereocenters. The van der Waals surface area contributed by atoms with Crippen LogP contribution in [0.15, 0.2) is 73.4 Å². The van der Waals surface area contributed by atoms with Crippen LogP contribution in [0.25, 0.3) is 11.3 Å². The summed E-state index contributed by atoms with van der Waals surface area (Å²) in [4.78, 5) is 6.71. The summed E-state index contributed by atoms with van der Waals surface area (Å²) in [6.45, 7) is 2.77. The standard InChI is InChI=1S/C19H18BrN3S2/c1-3-21-19-23(22-12-14-4-10-17(24-2)11-5-14)18(13-25-19)15-6-8-16(20)9-7-15/h4-13H,3H2,1-2H3. The summed E-state index contributed by atoms with van der Waals surface area (Å²) in [5.41, 5.74) is 3.23. The normalized spacial score (nSPS) is 12.2. The Bertz CT molecular complexity index is 923. The van der Waals surface area contributed by atoms with Crippen LogP contribution >= 0.6 is 39.0 Å². The van der Waals surface area contributed by atoms with Crippen molar-refractivity contribution in [2.45, 2.75) is 11.8 Å². The van der Waals surface area contributed by atoms with Crippen molar-refractivity contribution in [2.24, 2.45) is 10.1 Å². The van der Waals surface area contributed by atoms with Gasteiger partial charge in [0, 0.05) is 26.9 Å². The zero-order valence-corrected chi connectivity index (χ0v) is 17.2. The minimum absolute atomic E-state index is 0.734. The molecule has 2 aromatic carbocycles. The van der Waals surface area contributed by atoms with E-state index >= 15 is 0 Å². The zero-order valence-electron chi connectivity index (χ0n) is 14.0. The molecule has 0 fully saturated rings. The molecule has 0 amide bonds. The largest absolute Gasteiger partial charge is 0.258 e. The molecule has 1 heterocycles. The van der Waals surface area contributed by atoms with Crippen molar-refractivity contribution in [3.05, 3.63) is 68.7 Å². The van der Waals surface area contributed by atoms with Crippen LogP contribution in [0.5, 0.6) is 0 Å². The summed E-state index contributed by atoms with van der Waals surface area (Å²) < 4.78 is 2.98. The van der Waals surface area contributed by atoms with Gasteiger partial charge in [0.25, 0.3) is 0 Å². The van der Waals surface area contributed by atoms with Crippen molar-refractivity contribution in [1.82, 2.24) is 4.68 Å². The maximum atomic E-state index is 4.70. The smallest absolute Gasteiger partial charge is 0.206 e. The molecule has 0 spiro atoms. The number of rotatable bonds is 5. The van der Waals surface area contributed by atoms with E-state index in [1.807, 2.05) is 29.9 Å². The Kier molecular flexibility index (Phi) is 6.29. The van der Waals surface area contributed by atoms with Crippen LogP contribution in [0.3, 0.4) is 0 Å². The fourth-order valence-electron chi connectivity index (χ4n) is 2.29. The molecule has 3 aromatic rings. The van der Waals surface area contributed by atoms with Gasteiger partial charge in [-0.2, -0.15) is 5.10 Å². The van der Waals surface area contributed by atoms with E-state index in [1.165, 1.54) is 4.90 Å². The second kappa shape index (κ2) is 8.65. The molecule has 3 rings (SSSR count). The number of benzene rings is 2. The van der Waals surface area contributed by atoms with Crippen LogP contribution in [0.2, 0.25) is 0 Å².